The molecule has 5 atom stereocenters. The summed E-state index contributed by atoms with van der Waals surface area (Å²) in [6.45, 7) is -0.00822. The lowest BCUT2D eigenvalue weighted by Gasteiger charge is -2.30. The third-order valence-corrected chi connectivity index (χ3v) is 12.9. The minimum atomic E-state index is -3.88. The van der Waals surface area contributed by atoms with E-state index in [0.717, 1.165) is 49.7 Å². The van der Waals surface area contributed by atoms with E-state index in [-0.39, 0.29) is 25.5 Å². The number of nitrogens with one attached hydrogen (secondary N) is 3. The van der Waals surface area contributed by atoms with Crippen molar-refractivity contribution < 1.29 is 37.2 Å². The van der Waals surface area contributed by atoms with Gasteiger partial charge in [-0.15, -0.1) is 0 Å². The second kappa shape index (κ2) is 16.3. The second-order valence-electron chi connectivity index (χ2n) is 15.2. The lowest BCUT2D eigenvalue weighted by molar-refractivity contribution is -0.141. The quantitative estimate of drug-likeness (QED) is 0.191. The first-order valence-corrected chi connectivity index (χ1v) is 20.8. The molecule has 4 amide bonds. The van der Waals surface area contributed by atoms with E-state index in [1.54, 1.807) is 0 Å². The van der Waals surface area contributed by atoms with E-state index in [9.17, 15) is 27.6 Å². The molecule has 1 saturated heterocycles. The standard InChI is InChI=1S/C40H49N5O8S/c46-36-34-24-31(53-43-35(27-14-6-4-7-15-27)28-16-8-5-9-17-28)26-45(34)37(47)33(41-39(49)52-30-19-12-13-20-30)21-11-3-1-2-10-18-29-25-40(29,42-36)38(48)44-54(50,51)32-22-23-32/h4-10,14-18,29-34H,1-3,11-13,19-26H2,(H,41,49)(H,42,46)(H,44,48)/b18-10-/t29-,31-,33+,34+,40+/m1/s1. The van der Waals surface area contributed by atoms with Gasteiger partial charge in [-0.2, -0.15) is 0 Å². The minimum absolute atomic E-state index is 0.00822. The number of sulfonamides is 1. The Labute approximate surface area is 316 Å². The highest BCUT2D eigenvalue weighted by atomic mass is 32.2. The summed E-state index contributed by atoms with van der Waals surface area (Å²) in [6.07, 6.45) is 10.3. The average Bonchev–Trinajstić information content (AvgIpc) is 4.04. The molecule has 14 heteroatoms. The number of rotatable bonds is 9. The van der Waals surface area contributed by atoms with Gasteiger partial charge in [0.15, 0.2) is 0 Å². The molecule has 0 unspecified atom stereocenters. The fourth-order valence-corrected chi connectivity index (χ4v) is 9.13. The van der Waals surface area contributed by atoms with Gasteiger partial charge in [0.25, 0.3) is 5.91 Å². The van der Waals surface area contributed by atoms with Crippen molar-refractivity contribution in [3.63, 3.8) is 0 Å². The molecule has 0 aromatic heterocycles. The molecule has 2 aliphatic heterocycles. The van der Waals surface area contributed by atoms with Crippen LogP contribution in [0.4, 0.5) is 4.79 Å². The van der Waals surface area contributed by atoms with E-state index >= 15 is 0 Å². The Morgan fingerprint density at radius 3 is 2.19 bits per heavy atom. The van der Waals surface area contributed by atoms with Crippen LogP contribution in [0.3, 0.4) is 0 Å². The van der Waals surface area contributed by atoms with Crippen LogP contribution in [-0.4, -0.2) is 84.5 Å². The predicted molar refractivity (Wildman–Crippen MR) is 200 cm³/mol. The number of alkyl carbamates (subject to hydrolysis) is 1. The molecule has 3 N–H and O–H groups in total. The minimum Gasteiger partial charge on any atom is -0.446 e. The molecular weight excluding hydrogens is 711 g/mol. The van der Waals surface area contributed by atoms with Gasteiger partial charge < -0.3 is 25.1 Å². The van der Waals surface area contributed by atoms with Crippen molar-refractivity contribution in [1.29, 1.82) is 0 Å². The Balaban J connectivity index is 1.17. The maximum absolute atomic E-state index is 14.5. The molecule has 3 aliphatic carbocycles. The summed E-state index contributed by atoms with van der Waals surface area (Å²) < 4.78 is 33.6. The molecular formula is C40H49N5O8S. The number of hydrogen-bond donors (Lipinski definition) is 3. The zero-order valence-electron chi connectivity index (χ0n) is 30.4. The molecule has 2 aromatic carbocycles. The fraction of sp³-hybridized carbons (Fsp3) is 0.525. The van der Waals surface area contributed by atoms with E-state index in [4.69, 9.17) is 9.57 Å². The summed E-state index contributed by atoms with van der Waals surface area (Å²) in [4.78, 5) is 63.2. The Kier molecular flexibility index (Phi) is 11.4. The first-order chi connectivity index (χ1) is 26.1. The molecule has 2 heterocycles. The van der Waals surface area contributed by atoms with Crippen LogP contribution in [0.5, 0.6) is 0 Å². The summed E-state index contributed by atoms with van der Waals surface area (Å²) in [7, 11) is -3.88. The van der Waals surface area contributed by atoms with Crippen molar-refractivity contribution >= 4 is 39.5 Å². The second-order valence-corrected chi connectivity index (χ2v) is 17.1. The maximum Gasteiger partial charge on any atom is 0.408 e. The Bertz CT molecular complexity index is 1820. The van der Waals surface area contributed by atoms with Crippen molar-refractivity contribution in [3.8, 4) is 0 Å². The van der Waals surface area contributed by atoms with Crippen molar-refractivity contribution in [2.45, 2.75) is 119 Å². The largest absolute Gasteiger partial charge is 0.446 e. The molecule has 2 aromatic rings. The van der Waals surface area contributed by atoms with Gasteiger partial charge in [-0.25, -0.2) is 13.2 Å². The summed E-state index contributed by atoms with van der Waals surface area (Å²) in [6, 6.07) is 17.0. The lowest BCUT2D eigenvalue weighted by Crippen LogP contribution is -2.58. The number of oxime groups is 1. The van der Waals surface area contributed by atoms with Gasteiger partial charge >= 0.3 is 6.09 Å². The predicted octanol–water partition coefficient (Wildman–Crippen LogP) is 4.47. The molecule has 288 valence electrons. The number of allylic oxidation sites excluding steroid dienone is 1. The smallest absolute Gasteiger partial charge is 0.408 e. The number of carbonyl (C=O) groups excluding carboxylic acids is 4. The lowest BCUT2D eigenvalue weighted by atomic mass is 10.0. The molecule has 4 fully saturated rings. The third kappa shape index (κ3) is 8.80. The highest BCUT2D eigenvalue weighted by molar-refractivity contribution is 7.91. The Morgan fingerprint density at radius 1 is 0.852 bits per heavy atom. The normalized spacial score (nSPS) is 28.3. The topological polar surface area (TPSA) is 173 Å². The Hall–Kier alpha value is -4.72. The van der Waals surface area contributed by atoms with Crippen LogP contribution in [0.2, 0.25) is 0 Å². The highest BCUT2D eigenvalue weighted by Crippen LogP contribution is 2.46. The summed E-state index contributed by atoms with van der Waals surface area (Å²) in [5.41, 5.74) is 0.721. The molecule has 0 bridgehead atoms. The zero-order valence-corrected chi connectivity index (χ0v) is 31.2. The van der Waals surface area contributed by atoms with Gasteiger partial charge in [-0.1, -0.05) is 90.8 Å². The number of hydrogen-bond acceptors (Lipinski definition) is 9. The van der Waals surface area contributed by atoms with Gasteiger partial charge in [0.05, 0.1) is 11.8 Å². The number of fused-ring (bicyclic) bond motifs is 2. The average molecular weight is 760 g/mol. The summed E-state index contributed by atoms with van der Waals surface area (Å²) in [5, 5.41) is 9.65. The van der Waals surface area contributed by atoms with Crippen LogP contribution in [0.1, 0.15) is 94.6 Å². The van der Waals surface area contributed by atoms with E-state index in [2.05, 4.69) is 20.5 Å². The van der Waals surface area contributed by atoms with Crippen LogP contribution < -0.4 is 15.4 Å². The highest BCUT2D eigenvalue weighted by Gasteiger charge is 2.62. The molecule has 5 aliphatic rings. The first-order valence-electron chi connectivity index (χ1n) is 19.3. The van der Waals surface area contributed by atoms with Crippen LogP contribution in [0.15, 0.2) is 78.0 Å². The number of carbonyl (C=O) groups is 4. The molecule has 0 spiro atoms. The van der Waals surface area contributed by atoms with Crippen LogP contribution in [-0.2, 0) is 34.0 Å². The van der Waals surface area contributed by atoms with E-state index < -0.39 is 68.7 Å². The van der Waals surface area contributed by atoms with Gasteiger partial charge in [-0.05, 0) is 64.2 Å². The molecule has 0 radical (unpaired) electrons. The third-order valence-electron chi connectivity index (χ3n) is 11.1. The van der Waals surface area contributed by atoms with E-state index in [1.165, 1.54) is 4.90 Å². The molecule has 54 heavy (non-hydrogen) atoms. The zero-order chi connectivity index (χ0) is 37.7. The monoisotopic (exact) mass is 759 g/mol. The van der Waals surface area contributed by atoms with Gasteiger partial charge in [0, 0.05) is 23.5 Å². The van der Waals surface area contributed by atoms with Crippen molar-refractivity contribution in [3.05, 3.63) is 83.9 Å². The molecule has 3 saturated carbocycles. The van der Waals surface area contributed by atoms with Crippen molar-refractivity contribution in [1.82, 2.24) is 20.3 Å². The van der Waals surface area contributed by atoms with Crippen molar-refractivity contribution in [2.24, 2.45) is 11.1 Å². The Morgan fingerprint density at radius 2 is 1.52 bits per heavy atom. The van der Waals surface area contributed by atoms with Crippen LogP contribution >= 0.6 is 0 Å². The number of ether oxygens (including phenoxy) is 1. The van der Waals surface area contributed by atoms with E-state index in [1.807, 2.05) is 72.8 Å². The summed E-state index contributed by atoms with van der Waals surface area (Å²) >= 11 is 0. The van der Waals surface area contributed by atoms with Gasteiger partial charge in [-0.3, -0.25) is 19.1 Å². The summed E-state index contributed by atoms with van der Waals surface area (Å²) in [5.74, 6) is -2.27. The molecule has 13 nitrogen and oxygen atoms in total. The van der Waals surface area contributed by atoms with Crippen molar-refractivity contribution in [2.75, 3.05) is 6.54 Å². The molecule has 7 rings (SSSR count). The van der Waals surface area contributed by atoms with Gasteiger partial charge in [0.2, 0.25) is 21.8 Å². The maximum atomic E-state index is 14.5. The van der Waals surface area contributed by atoms with E-state index in [0.29, 0.717) is 37.8 Å². The number of amides is 4. The first kappa shape index (κ1) is 37.6. The van der Waals surface area contributed by atoms with Crippen LogP contribution in [0, 0.1) is 5.92 Å². The van der Waals surface area contributed by atoms with Gasteiger partial charge in [0.1, 0.15) is 35.5 Å². The number of nitrogens with zero attached hydrogens (tertiary/aromatic N) is 2. The number of benzene rings is 2. The van der Waals surface area contributed by atoms with Crippen LogP contribution in [0.25, 0.3) is 0 Å². The SMILES string of the molecule is O=C(N[C@H]1CCCCC/C=C\[C@@H]2C[C@]2(C(=O)NS(=O)(=O)C2CC2)NC(=O)[C@@H]2C[C@@H](ON=C(c3ccccc3)c3ccccc3)CN2C1=O)OC1CCCC1. The fourth-order valence-electron chi connectivity index (χ4n) is 7.76.